The van der Waals surface area contributed by atoms with Crippen LogP contribution in [0.2, 0.25) is 0 Å². The Morgan fingerprint density at radius 3 is 2.89 bits per heavy atom. The smallest absolute Gasteiger partial charge is 0.256 e. The summed E-state index contributed by atoms with van der Waals surface area (Å²) >= 11 is 0. The fraction of sp³-hybridized carbons (Fsp3) is 0.538. The second kappa shape index (κ2) is 7.06. The predicted octanol–water partition coefficient (Wildman–Crippen LogP) is 0.607. The molecule has 1 heterocycles. The molecule has 0 aliphatic rings. The van der Waals surface area contributed by atoms with Gasteiger partial charge in [-0.15, -0.1) is 0 Å². The van der Waals surface area contributed by atoms with Gasteiger partial charge in [0, 0.05) is 32.9 Å². The van der Waals surface area contributed by atoms with E-state index in [0.717, 1.165) is 0 Å². The van der Waals surface area contributed by atoms with E-state index >= 15 is 0 Å². The van der Waals surface area contributed by atoms with Crippen LogP contribution in [0.1, 0.15) is 23.7 Å². The van der Waals surface area contributed by atoms with Crippen LogP contribution in [0.4, 0.5) is 0 Å². The Kier molecular flexibility index (Phi) is 5.72. The molecule has 106 valence electrons. The third kappa shape index (κ3) is 4.84. The molecule has 0 saturated carbocycles. The fourth-order valence-electron chi connectivity index (χ4n) is 1.50. The van der Waals surface area contributed by atoms with Gasteiger partial charge < -0.3 is 19.9 Å². The van der Waals surface area contributed by atoms with Crippen molar-refractivity contribution < 1.29 is 19.4 Å². The molecule has 6 heteroatoms. The van der Waals surface area contributed by atoms with E-state index < -0.39 is 5.60 Å². The number of nitrogens with zero attached hydrogens (tertiary/aromatic N) is 1. The topological polar surface area (TPSA) is 80.7 Å². The molecule has 1 amide bonds. The Labute approximate surface area is 112 Å². The van der Waals surface area contributed by atoms with Gasteiger partial charge in [-0.05, 0) is 19.1 Å². The van der Waals surface area contributed by atoms with E-state index in [1.165, 1.54) is 7.11 Å². The van der Waals surface area contributed by atoms with E-state index in [2.05, 4.69) is 10.3 Å². The summed E-state index contributed by atoms with van der Waals surface area (Å²) < 4.78 is 9.91. The maximum absolute atomic E-state index is 12.0. The molecule has 1 unspecified atom stereocenters. The molecular weight excluding hydrogens is 248 g/mol. The highest BCUT2D eigenvalue weighted by Gasteiger charge is 2.22. The second-order valence-corrected chi connectivity index (χ2v) is 4.48. The molecule has 19 heavy (non-hydrogen) atoms. The minimum Gasteiger partial charge on any atom is -0.480 e. The van der Waals surface area contributed by atoms with Gasteiger partial charge in [0.1, 0.15) is 5.56 Å². The quantitative estimate of drug-likeness (QED) is 0.757. The van der Waals surface area contributed by atoms with E-state index in [4.69, 9.17) is 9.47 Å². The maximum Gasteiger partial charge on any atom is 0.256 e. The van der Waals surface area contributed by atoms with Gasteiger partial charge in [-0.2, -0.15) is 0 Å². The lowest BCUT2D eigenvalue weighted by Crippen LogP contribution is -2.41. The first kappa shape index (κ1) is 15.4. The molecule has 0 radical (unpaired) electrons. The summed E-state index contributed by atoms with van der Waals surface area (Å²) in [5.74, 6) is -0.0702. The summed E-state index contributed by atoms with van der Waals surface area (Å²) in [5, 5.41) is 12.7. The van der Waals surface area contributed by atoms with Crippen LogP contribution in [0.3, 0.4) is 0 Å². The Morgan fingerprint density at radius 1 is 1.53 bits per heavy atom. The molecule has 2 N–H and O–H groups in total. The standard InChI is InChI=1S/C13H20N2O4/c1-13(17,6-8-18-2)9-15-11(16)10-5-4-7-14-12(10)19-3/h4-5,7,17H,6,8-9H2,1-3H3,(H,15,16). The van der Waals surface area contributed by atoms with Gasteiger partial charge in [0.05, 0.1) is 12.7 Å². The average molecular weight is 268 g/mol. The maximum atomic E-state index is 12.0. The minimum atomic E-state index is -1.01. The molecule has 0 aliphatic heterocycles. The molecule has 0 aromatic carbocycles. The summed E-state index contributed by atoms with van der Waals surface area (Å²) in [6, 6.07) is 3.27. The van der Waals surface area contributed by atoms with Crippen LogP contribution in [0.5, 0.6) is 5.88 Å². The number of aromatic nitrogens is 1. The van der Waals surface area contributed by atoms with Crippen molar-refractivity contribution in [2.75, 3.05) is 27.4 Å². The van der Waals surface area contributed by atoms with Crippen molar-refractivity contribution in [1.29, 1.82) is 0 Å². The lowest BCUT2D eigenvalue weighted by molar-refractivity contribution is 0.0243. The van der Waals surface area contributed by atoms with Crippen LogP contribution >= 0.6 is 0 Å². The zero-order valence-electron chi connectivity index (χ0n) is 11.5. The summed E-state index contributed by atoms with van der Waals surface area (Å²) in [6.45, 7) is 2.21. The van der Waals surface area contributed by atoms with Gasteiger partial charge in [0.15, 0.2) is 0 Å². The largest absolute Gasteiger partial charge is 0.480 e. The molecule has 1 atom stereocenters. The first-order valence-corrected chi connectivity index (χ1v) is 5.98. The highest BCUT2D eigenvalue weighted by atomic mass is 16.5. The Morgan fingerprint density at radius 2 is 2.26 bits per heavy atom. The summed E-state index contributed by atoms with van der Waals surface area (Å²) in [6.07, 6.45) is 1.98. The van der Waals surface area contributed by atoms with E-state index in [1.807, 2.05) is 0 Å². The number of methoxy groups -OCH3 is 2. The lowest BCUT2D eigenvalue weighted by Gasteiger charge is -2.23. The van der Waals surface area contributed by atoms with E-state index in [9.17, 15) is 9.90 Å². The van der Waals surface area contributed by atoms with Gasteiger partial charge in [-0.3, -0.25) is 4.79 Å². The van der Waals surface area contributed by atoms with E-state index in [1.54, 1.807) is 32.4 Å². The van der Waals surface area contributed by atoms with Gasteiger partial charge in [0.25, 0.3) is 5.91 Å². The van der Waals surface area contributed by atoms with Crippen molar-refractivity contribution in [3.05, 3.63) is 23.9 Å². The van der Waals surface area contributed by atoms with Crippen LogP contribution in [0, 0.1) is 0 Å². The SMILES string of the molecule is COCCC(C)(O)CNC(=O)c1cccnc1OC. The Hall–Kier alpha value is -1.66. The van der Waals surface area contributed by atoms with Crippen molar-refractivity contribution in [2.45, 2.75) is 18.9 Å². The van der Waals surface area contributed by atoms with Crippen molar-refractivity contribution >= 4 is 5.91 Å². The monoisotopic (exact) mass is 268 g/mol. The normalized spacial score (nSPS) is 13.7. The van der Waals surface area contributed by atoms with Crippen molar-refractivity contribution in [3.8, 4) is 5.88 Å². The van der Waals surface area contributed by atoms with Crippen LogP contribution in [-0.4, -0.2) is 49.0 Å². The van der Waals surface area contributed by atoms with Crippen molar-refractivity contribution in [3.63, 3.8) is 0 Å². The Balaban J connectivity index is 2.60. The van der Waals surface area contributed by atoms with Crippen LogP contribution < -0.4 is 10.1 Å². The molecule has 0 spiro atoms. The number of hydrogen-bond donors (Lipinski definition) is 2. The number of rotatable bonds is 7. The number of pyridine rings is 1. The summed E-state index contributed by atoms with van der Waals surface area (Å²) in [4.78, 5) is 15.9. The third-order valence-electron chi connectivity index (χ3n) is 2.68. The first-order valence-electron chi connectivity index (χ1n) is 5.98. The average Bonchev–Trinajstić information content (AvgIpc) is 2.42. The molecule has 1 rings (SSSR count). The molecule has 0 bridgehead atoms. The zero-order valence-corrected chi connectivity index (χ0v) is 11.5. The number of amides is 1. The van der Waals surface area contributed by atoms with Gasteiger partial charge in [-0.25, -0.2) is 4.98 Å². The molecule has 1 aromatic rings. The predicted molar refractivity (Wildman–Crippen MR) is 70.2 cm³/mol. The van der Waals surface area contributed by atoms with Gasteiger partial charge >= 0.3 is 0 Å². The van der Waals surface area contributed by atoms with E-state index in [0.29, 0.717) is 18.6 Å². The first-order chi connectivity index (χ1) is 9.00. The van der Waals surface area contributed by atoms with Crippen LogP contribution in [-0.2, 0) is 4.74 Å². The van der Waals surface area contributed by atoms with Crippen LogP contribution in [0.15, 0.2) is 18.3 Å². The fourth-order valence-corrected chi connectivity index (χ4v) is 1.50. The number of carbonyl (C=O) groups excluding carboxylic acids is 1. The lowest BCUT2D eigenvalue weighted by atomic mass is 10.0. The Bertz CT molecular complexity index is 421. The van der Waals surface area contributed by atoms with Crippen molar-refractivity contribution in [1.82, 2.24) is 10.3 Å². The molecule has 0 fully saturated rings. The zero-order chi connectivity index (χ0) is 14.3. The molecule has 0 aliphatic carbocycles. The van der Waals surface area contributed by atoms with Gasteiger partial charge in [0.2, 0.25) is 5.88 Å². The number of hydrogen-bond acceptors (Lipinski definition) is 5. The molecule has 6 nitrogen and oxygen atoms in total. The minimum absolute atomic E-state index is 0.132. The van der Waals surface area contributed by atoms with E-state index in [-0.39, 0.29) is 18.3 Å². The van der Waals surface area contributed by atoms with Gasteiger partial charge in [-0.1, -0.05) is 0 Å². The number of ether oxygens (including phenoxy) is 2. The highest BCUT2D eigenvalue weighted by molar-refractivity contribution is 5.96. The van der Waals surface area contributed by atoms with Crippen molar-refractivity contribution in [2.24, 2.45) is 0 Å². The summed E-state index contributed by atoms with van der Waals surface area (Å²) in [7, 11) is 3.02. The summed E-state index contributed by atoms with van der Waals surface area (Å²) in [5.41, 5.74) is -0.672. The highest BCUT2D eigenvalue weighted by Crippen LogP contribution is 2.14. The second-order valence-electron chi connectivity index (χ2n) is 4.48. The number of nitrogens with one attached hydrogen (secondary N) is 1. The van der Waals surface area contributed by atoms with Crippen LogP contribution in [0.25, 0.3) is 0 Å². The molecule has 0 saturated heterocycles. The third-order valence-corrected chi connectivity index (χ3v) is 2.68. The number of carbonyl (C=O) groups is 1. The number of aliphatic hydroxyl groups is 1. The molecule has 1 aromatic heterocycles. The molecular formula is C13H20N2O4.